The number of hydrogen-bond acceptors (Lipinski definition) is 4. The van der Waals surface area contributed by atoms with Crippen molar-refractivity contribution in [3.8, 4) is 0 Å². The van der Waals surface area contributed by atoms with Crippen LogP contribution in [0.4, 0.5) is 4.39 Å². The number of nitrogens with two attached hydrogens (primary N) is 1. The Hall–Kier alpha value is -1.48. The molecule has 0 atom stereocenters. The summed E-state index contributed by atoms with van der Waals surface area (Å²) in [6.07, 6.45) is 1.50. The van der Waals surface area contributed by atoms with Gasteiger partial charge in [-0.05, 0) is 19.1 Å². The smallest absolute Gasteiger partial charge is 0.243 e. The highest BCUT2D eigenvalue weighted by Gasteiger charge is 2.22. The number of halogens is 2. The molecule has 0 spiro atoms. The number of nitrogens with zero attached hydrogens (tertiary/aromatic N) is 1. The van der Waals surface area contributed by atoms with E-state index in [0.29, 0.717) is 5.56 Å². The number of rotatable bonds is 5. The molecule has 0 amide bonds. The summed E-state index contributed by atoms with van der Waals surface area (Å²) in [5.74, 6) is -0.890. The van der Waals surface area contributed by atoms with Crippen LogP contribution in [0.3, 0.4) is 0 Å². The minimum Gasteiger partial charge on any atom is -0.326 e. The van der Waals surface area contributed by atoms with E-state index in [4.69, 9.17) is 17.3 Å². The molecule has 0 aliphatic rings. The van der Waals surface area contributed by atoms with E-state index in [1.807, 2.05) is 0 Å². The molecule has 0 bridgehead atoms. The molecule has 0 saturated carbocycles. The van der Waals surface area contributed by atoms with Gasteiger partial charge in [0.2, 0.25) is 10.0 Å². The van der Waals surface area contributed by atoms with Crippen LogP contribution in [0.25, 0.3) is 0 Å². The summed E-state index contributed by atoms with van der Waals surface area (Å²) in [4.78, 5) is -0.517. The average Bonchev–Trinajstić information content (AvgIpc) is 2.84. The second kappa shape index (κ2) is 6.10. The van der Waals surface area contributed by atoms with Crippen molar-refractivity contribution in [3.63, 3.8) is 0 Å². The normalized spacial score (nSPS) is 11.8. The number of hydrogen-bond donors (Lipinski definition) is 3. The molecule has 9 heteroatoms. The maximum Gasteiger partial charge on any atom is 0.243 e. The predicted octanol–water partition coefficient (Wildman–Crippen LogP) is 1.45. The lowest BCUT2D eigenvalue weighted by atomic mass is 10.2. The van der Waals surface area contributed by atoms with Crippen molar-refractivity contribution < 1.29 is 12.8 Å². The zero-order chi connectivity index (χ0) is 15.6. The van der Waals surface area contributed by atoms with Crippen molar-refractivity contribution in [2.24, 2.45) is 5.73 Å². The highest BCUT2D eigenvalue weighted by atomic mass is 35.5. The molecule has 0 saturated heterocycles. The molecule has 114 valence electrons. The van der Waals surface area contributed by atoms with Gasteiger partial charge in [0.25, 0.3) is 0 Å². The average molecular weight is 333 g/mol. The van der Waals surface area contributed by atoms with Crippen LogP contribution in [0.15, 0.2) is 23.2 Å². The van der Waals surface area contributed by atoms with Gasteiger partial charge in [0.1, 0.15) is 10.7 Å². The molecule has 21 heavy (non-hydrogen) atoms. The van der Waals surface area contributed by atoms with Crippen LogP contribution in [0.5, 0.6) is 0 Å². The second-order valence-electron chi connectivity index (χ2n) is 4.43. The number of aromatic amines is 1. The zero-order valence-corrected chi connectivity index (χ0v) is 12.7. The Labute approximate surface area is 126 Å². The van der Waals surface area contributed by atoms with Crippen LogP contribution in [0.2, 0.25) is 5.02 Å². The third kappa shape index (κ3) is 3.41. The van der Waals surface area contributed by atoms with Gasteiger partial charge in [0, 0.05) is 34.9 Å². The molecule has 0 fully saturated rings. The van der Waals surface area contributed by atoms with Crippen LogP contribution in [-0.2, 0) is 23.1 Å². The first-order valence-electron chi connectivity index (χ1n) is 6.01. The van der Waals surface area contributed by atoms with Crippen molar-refractivity contribution >= 4 is 21.6 Å². The Morgan fingerprint density at radius 1 is 1.43 bits per heavy atom. The Morgan fingerprint density at radius 2 is 2.14 bits per heavy atom. The highest BCUT2D eigenvalue weighted by molar-refractivity contribution is 7.89. The van der Waals surface area contributed by atoms with Gasteiger partial charge in [0.05, 0.1) is 6.20 Å². The second-order valence-corrected chi connectivity index (χ2v) is 6.60. The van der Waals surface area contributed by atoms with E-state index >= 15 is 0 Å². The van der Waals surface area contributed by atoms with Crippen LogP contribution >= 0.6 is 11.6 Å². The van der Waals surface area contributed by atoms with Gasteiger partial charge in [-0.15, -0.1) is 0 Å². The van der Waals surface area contributed by atoms with Gasteiger partial charge in [-0.3, -0.25) is 5.10 Å². The SMILES string of the molecule is Cc1[nH]ncc1CNS(=O)(=O)c1cc(Cl)cc(CN)c1F. The summed E-state index contributed by atoms with van der Waals surface area (Å²) in [7, 11) is -4.05. The van der Waals surface area contributed by atoms with Gasteiger partial charge in [-0.2, -0.15) is 5.10 Å². The van der Waals surface area contributed by atoms with Crippen LogP contribution in [-0.4, -0.2) is 18.6 Å². The third-order valence-corrected chi connectivity index (χ3v) is 4.59. The fourth-order valence-corrected chi connectivity index (χ4v) is 3.22. The quantitative estimate of drug-likeness (QED) is 0.771. The van der Waals surface area contributed by atoms with Crippen LogP contribution in [0, 0.1) is 12.7 Å². The van der Waals surface area contributed by atoms with Crippen molar-refractivity contribution in [1.29, 1.82) is 0 Å². The minimum atomic E-state index is -4.05. The van der Waals surface area contributed by atoms with E-state index in [0.717, 1.165) is 11.8 Å². The standard InChI is InChI=1S/C12H14ClFN4O2S/c1-7-9(5-16-18-7)6-17-21(19,20)11-3-10(13)2-8(4-15)12(11)14/h2-3,5,17H,4,6,15H2,1H3,(H,16,18). The molecule has 6 nitrogen and oxygen atoms in total. The van der Waals surface area contributed by atoms with Crippen molar-refractivity contribution in [1.82, 2.24) is 14.9 Å². The zero-order valence-electron chi connectivity index (χ0n) is 11.2. The number of benzene rings is 1. The number of aromatic nitrogens is 2. The van der Waals surface area contributed by atoms with Gasteiger partial charge in [-0.1, -0.05) is 11.6 Å². The fraction of sp³-hybridized carbons (Fsp3) is 0.250. The lowest BCUT2D eigenvalue weighted by molar-refractivity contribution is 0.549. The Balaban J connectivity index is 2.32. The molecule has 1 aromatic heterocycles. The van der Waals surface area contributed by atoms with Gasteiger partial charge < -0.3 is 5.73 Å². The number of H-pyrrole nitrogens is 1. The fourth-order valence-electron chi connectivity index (χ4n) is 1.77. The van der Waals surface area contributed by atoms with Gasteiger partial charge >= 0.3 is 0 Å². The Bertz CT molecular complexity index is 761. The topological polar surface area (TPSA) is 101 Å². The third-order valence-electron chi connectivity index (χ3n) is 2.98. The molecular formula is C12H14ClFN4O2S. The monoisotopic (exact) mass is 332 g/mol. The lowest BCUT2D eigenvalue weighted by Crippen LogP contribution is -2.25. The molecule has 1 heterocycles. The molecule has 0 unspecified atom stereocenters. The maximum absolute atomic E-state index is 14.1. The molecular weight excluding hydrogens is 319 g/mol. The summed E-state index contributed by atoms with van der Waals surface area (Å²) in [5.41, 5.74) is 6.82. The van der Waals surface area contributed by atoms with Crippen molar-refractivity contribution in [2.45, 2.75) is 24.9 Å². The molecule has 4 N–H and O–H groups in total. The minimum absolute atomic E-state index is 0.00538. The lowest BCUT2D eigenvalue weighted by Gasteiger charge is -2.10. The van der Waals surface area contributed by atoms with Gasteiger partial charge in [-0.25, -0.2) is 17.5 Å². The Morgan fingerprint density at radius 3 is 2.71 bits per heavy atom. The van der Waals surface area contributed by atoms with E-state index in [1.165, 1.54) is 12.3 Å². The first-order chi connectivity index (χ1) is 9.85. The van der Waals surface area contributed by atoms with E-state index in [1.54, 1.807) is 6.92 Å². The number of nitrogens with one attached hydrogen (secondary N) is 2. The highest BCUT2D eigenvalue weighted by Crippen LogP contribution is 2.23. The number of aryl methyl sites for hydroxylation is 1. The largest absolute Gasteiger partial charge is 0.326 e. The van der Waals surface area contributed by atoms with E-state index in [-0.39, 0.29) is 23.7 Å². The van der Waals surface area contributed by atoms with Crippen molar-refractivity contribution in [2.75, 3.05) is 0 Å². The molecule has 2 rings (SSSR count). The first-order valence-corrected chi connectivity index (χ1v) is 7.87. The van der Waals surface area contributed by atoms with E-state index in [2.05, 4.69) is 14.9 Å². The summed E-state index contributed by atoms with van der Waals surface area (Å²) in [6.45, 7) is 1.60. The Kier molecular flexibility index (Phi) is 4.62. The summed E-state index contributed by atoms with van der Waals surface area (Å²) in [6, 6.07) is 2.36. The summed E-state index contributed by atoms with van der Waals surface area (Å²) >= 11 is 5.80. The summed E-state index contributed by atoms with van der Waals surface area (Å²) in [5, 5.41) is 6.58. The first kappa shape index (κ1) is 15.9. The molecule has 0 radical (unpaired) electrons. The number of sulfonamides is 1. The summed E-state index contributed by atoms with van der Waals surface area (Å²) < 4.78 is 40.8. The van der Waals surface area contributed by atoms with Gasteiger partial charge in [0.15, 0.2) is 0 Å². The maximum atomic E-state index is 14.1. The van der Waals surface area contributed by atoms with Crippen LogP contribution < -0.4 is 10.5 Å². The van der Waals surface area contributed by atoms with E-state index < -0.39 is 20.7 Å². The molecule has 2 aromatic rings. The van der Waals surface area contributed by atoms with Crippen LogP contribution in [0.1, 0.15) is 16.8 Å². The van der Waals surface area contributed by atoms with Crippen molar-refractivity contribution in [3.05, 3.63) is 46.0 Å². The molecule has 1 aromatic carbocycles. The predicted molar refractivity (Wildman–Crippen MR) is 76.7 cm³/mol. The molecule has 0 aliphatic heterocycles. The van der Waals surface area contributed by atoms with E-state index in [9.17, 15) is 12.8 Å². The molecule has 0 aliphatic carbocycles.